The second-order valence-corrected chi connectivity index (χ2v) is 1.60. The number of terminal acetylenes is 1. The van der Waals surface area contributed by atoms with Gasteiger partial charge in [0.15, 0.2) is 11.6 Å². The molecule has 0 aliphatic heterocycles. The zero-order valence-corrected chi connectivity index (χ0v) is 5.59. The minimum atomic E-state index is -0.935. The molecule has 1 rings (SSSR count). The Morgan fingerprint density at radius 3 is 2.09 bits per heavy atom. The molecule has 58 valence electrons. The molecule has 0 aromatic heterocycles. The van der Waals surface area contributed by atoms with E-state index in [1.807, 2.05) is 0 Å². The van der Waals surface area contributed by atoms with E-state index in [-0.39, 0.29) is 0 Å². The smallest absolute Gasteiger partial charge is 0.167 e. The third-order valence-electron chi connectivity index (χ3n) is 0.910. The molecule has 0 radical (unpaired) electrons. The fourth-order valence-corrected chi connectivity index (χ4v) is 0.481. The monoisotopic (exact) mass is 156 g/mol. The highest BCUT2D eigenvalue weighted by Crippen LogP contribution is 2.14. The van der Waals surface area contributed by atoms with Gasteiger partial charge in [-0.3, -0.25) is 0 Å². The van der Waals surface area contributed by atoms with Crippen LogP contribution in [0, 0.1) is 24.5 Å². The molecule has 0 aliphatic rings. The third-order valence-corrected chi connectivity index (χ3v) is 0.910. The largest absolute Gasteiger partial charge is 0.505 e. The summed E-state index contributed by atoms with van der Waals surface area (Å²) in [6, 6.07) is 2.57. The van der Waals surface area contributed by atoms with E-state index in [1.54, 1.807) is 0 Å². The molecule has 0 unspecified atom stereocenters. The Bertz CT molecular complexity index is 256. The van der Waals surface area contributed by atoms with Crippen molar-refractivity contribution in [1.82, 2.24) is 0 Å². The lowest BCUT2D eigenvalue weighted by Crippen LogP contribution is -1.77. The van der Waals surface area contributed by atoms with Crippen molar-refractivity contribution in [2.45, 2.75) is 0 Å². The second-order valence-electron chi connectivity index (χ2n) is 1.60. The van der Waals surface area contributed by atoms with Crippen LogP contribution in [0.4, 0.5) is 8.78 Å². The predicted molar refractivity (Wildman–Crippen MR) is 37.9 cm³/mol. The van der Waals surface area contributed by atoms with Gasteiger partial charge in [0, 0.05) is 6.07 Å². The van der Waals surface area contributed by atoms with E-state index < -0.39 is 17.4 Å². The van der Waals surface area contributed by atoms with Crippen molar-refractivity contribution in [2.24, 2.45) is 0 Å². The highest BCUT2D eigenvalue weighted by Gasteiger charge is 1.98. The number of rotatable bonds is 0. The first kappa shape index (κ1) is 9.44. The number of phenolic OH excluding ortho intramolecular Hbond substituents is 1. The minimum Gasteiger partial charge on any atom is -0.505 e. The highest BCUT2D eigenvalue weighted by atomic mass is 19.1. The van der Waals surface area contributed by atoms with Crippen LogP contribution in [0.15, 0.2) is 18.2 Å². The van der Waals surface area contributed by atoms with Crippen LogP contribution in [0.3, 0.4) is 0 Å². The van der Waals surface area contributed by atoms with Gasteiger partial charge in [0.1, 0.15) is 5.82 Å². The zero-order valence-electron chi connectivity index (χ0n) is 5.59. The molecule has 0 heterocycles. The molecule has 1 aromatic rings. The molecule has 0 amide bonds. The van der Waals surface area contributed by atoms with Crippen LogP contribution < -0.4 is 0 Å². The first-order valence-electron chi connectivity index (χ1n) is 2.67. The highest BCUT2D eigenvalue weighted by molar-refractivity contribution is 5.22. The van der Waals surface area contributed by atoms with Crippen LogP contribution in [0.5, 0.6) is 5.75 Å². The zero-order chi connectivity index (χ0) is 8.85. The van der Waals surface area contributed by atoms with E-state index in [0.717, 1.165) is 12.1 Å². The maximum Gasteiger partial charge on any atom is 0.167 e. The van der Waals surface area contributed by atoms with E-state index in [2.05, 4.69) is 12.8 Å². The van der Waals surface area contributed by atoms with Crippen molar-refractivity contribution < 1.29 is 13.9 Å². The number of halogens is 2. The fourth-order valence-electron chi connectivity index (χ4n) is 0.481. The van der Waals surface area contributed by atoms with E-state index in [4.69, 9.17) is 5.11 Å². The lowest BCUT2D eigenvalue weighted by Gasteiger charge is -1.91. The molecule has 0 spiro atoms. The Labute approximate surface area is 63.3 Å². The number of aromatic hydroxyl groups is 1. The molecule has 1 aromatic carbocycles. The summed E-state index contributed by atoms with van der Waals surface area (Å²) in [5.41, 5.74) is 0. The summed E-state index contributed by atoms with van der Waals surface area (Å²) in [6.07, 6.45) is 8.00. The van der Waals surface area contributed by atoms with Crippen LogP contribution in [-0.4, -0.2) is 5.11 Å². The van der Waals surface area contributed by atoms with Gasteiger partial charge in [0.25, 0.3) is 0 Å². The Morgan fingerprint density at radius 1 is 1.18 bits per heavy atom. The fraction of sp³-hybridized carbons (Fsp3) is 0. The predicted octanol–water partition coefficient (Wildman–Crippen LogP) is 1.92. The van der Waals surface area contributed by atoms with Crippen LogP contribution in [-0.2, 0) is 0 Å². The van der Waals surface area contributed by atoms with E-state index in [0.29, 0.717) is 6.07 Å². The van der Waals surface area contributed by atoms with Crippen LogP contribution >= 0.6 is 0 Å². The van der Waals surface area contributed by atoms with Gasteiger partial charge in [-0.2, -0.15) is 0 Å². The quantitative estimate of drug-likeness (QED) is 0.569. The molecule has 0 atom stereocenters. The first-order chi connectivity index (χ1) is 5.20. The number of hydrogen-bond donors (Lipinski definition) is 1. The number of hydrogen-bond acceptors (Lipinski definition) is 1. The number of phenols is 1. The SMILES string of the molecule is C#C.Oc1ccc(F)cc1F. The Morgan fingerprint density at radius 2 is 1.73 bits per heavy atom. The average molecular weight is 156 g/mol. The molecule has 0 saturated carbocycles. The lowest BCUT2D eigenvalue weighted by atomic mass is 10.3. The van der Waals surface area contributed by atoms with Crippen molar-refractivity contribution in [3.63, 3.8) is 0 Å². The summed E-state index contributed by atoms with van der Waals surface area (Å²) >= 11 is 0. The molecule has 0 bridgehead atoms. The van der Waals surface area contributed by atoms with Crippen molar-refractivity contribution >= 4 is 0 Å². The molecule has 1 nitrogen and oxygen atoms in total. The summed E-state index contributed by atoms with van der Waals surface area (Å²) in [6.45, 7) is 0. The first-order valence-corrected chi connectivity index (χ1v) is 2.67. The van der Waals surface area contributed by atoms with Gasteiger partial charge in [0.05, 0.1) is 0 Å². The van der Waals surface area contributed by atoms with Crippen LogP contribution in [0.2, 0.25) is 0 Å². The van der Waals surface area contributed by atoms with Crippen molar-refractivity contribution in [1.29, 1.82) is 0 Å². The molecule has 0 saturated heterocycles. The maximum absolute atomic E-state index is 12.1. The molecular weight excluding hydrogens is 150 g/mol. The molecule has 1 N–H and O–H groups in total. The van der Waals surface area contributed by atoms with Crippen LogP contribution in [0.1, 0.15) is 0 Å². The Balaban J connectivity index is 0.000000461. The van der Waals surface area contributed by atoms with E-state index in [9.17, 15) is 8.78 Å². The average Bonchev–Trinajstić information content (AvgIpc) is 2.02. The van der Waals surface area contributed by atoms with Gasteiger partial charge in [-0.1, -0.05) is 0 Å². The molecule has 0 fully saturated rings. The Kier molecular flexibility index (Phi) is 3.68. The summed E-state index contributed by atoms with van der Waals surface area (Å²) in [5.74, 6) is -2.16. The summed E-state index contributed by atoms with van der Waals surface area (Å²) in [7, 11) is 0. The van der Waals surface area contributed by atoms with Crippen molar-refractivity contribution in [3.05, 3.63) is 29.8 Å². The van der Waals surface area contributed by atoms with E-state index in [1.165, 1.54) is 0 Å². The second kappa shape index (κ2) is 4.29. The van der Waals surface area contributed by atoms with Crippen LogP contribution in [0.25, 0.3) is 0 Å². The van der Waals surface area contributed by atoms with Crippen molar-refractivity contribution in [2.75, 3.05) is 0 Å². The van der Waals surface area contributed by atoms with Gasteiger partial charge in [-0.15, -0.1) is 12.8 Å². The Hall–Kier alpha value is -1.56. The van der Waals surface area contributed by atoms with E-state index >= 15 is 0 Å². The summed E-state index contributed by atoms with van der Waals surface area (Å²) < 4.78 is 24.1. The molecular formula is C8H6F2O. The topological polar surface area (TPSA) is 20.2 Å². The van der Waals surface area contributed by atoms with Gasteiger partial charge in [0.2, 0.25) is 0 Å². The van der Waals surface area contributed by atoms with Gasteiger partial charge >= 0.3 is 0 Å². The normalized spacial score (nSPS) is 8.00. The maximum atomic E-state index is 12.1. The number of benzene rings is 1. The lowest BCUT2D eigenvalue weighted by molar-refractivity contribution is 0.428. The van der Waals surface area contributed by atoms with Gasteiger partial charge in [-0.25, -0.2) is 8.78 Å². The standard InChI is InChI=1S/C6H4F2O.C2H2/c7-4-1-2-6(9)5(8)3-4;1-2/h1-3,9H;1-2H. The molecule has 3 heteroatoms. The van der Waals surface area contributed by atoms with Crippen molar-refractivity contribution in [3.8, 4) is 18.6 Å². The molecule has 0 aliphatic carbocycles. The van der Waals surface area contributed by atoms with Gasteiger partial charge < -0.3 is 5.11 Å². The minimum absolute atomic E-state index is 0.531. The molecule has 11 heavy (non-hydrogen) atoms. The summed E-state index contributed by atoms with van der Waals surface area (Å²) in [4.78, 5) is 0. The van der Waals surface area contributed by atoms with Gasteiger partial charge in [-0.05, 0) is 12.1 Å². The summed E-state index contributed by atoms with van der Waals surface area (Å²) in [5, 5.41) is 8.50. The third kappa shape index (κ3) is 2.67.